The first kappa shape index (κ1) is 22.2. The number of rotatable bonds is 10. The van der Waals surface area contributed by atoms with Gasteiger partial charge in [-0.3, -0.25) is 9.69 Å². The lowest BCUT2D eigenvalue weighted by Crippen LogP contribution is -2.52. The molecule has 1 aliphatic rings. The van der Waals surface area contributed by atoms with E-state index in [1.807, 2.05) is 22.8 Å². The molecule has 0 radical (unpaired) electrons. The van der Waals surface area contributed by atoms with Gasteiger partial charge in [-0.25, -0.2) is 4.79 Å². The number of nitrogens with zero attached hydrogens (tertiary/aromatic N) is 2. The first-order chi connectivity index (χ1) is 13.5. The summed E-state index contributed by atoms with van der Waals surface area (Å²) in [7, 11) is 0. The van der Waals surface area contributed by atoms with E-state index in [0.717, 1.165) is 45.1 Å². The van der Waals surface area contributed by atoms with Crippen molar-refractivity contribution in [2.75, 3.05) is 26.2 Å². The van der Waals surface area contributed by atoms with Crippen molar-refractivity contribution in [1.29, 1.82) is 0 Å². The van der Waals surface area contributed by atoms with Crippen molar-refractivity contribution in [1.82, 2.24) is 15.1 Å². The Morgan fingerprint density at radius 3 is 2.43 bits per heavy atom. The van der Waals surface area contributed by atoms with Crippen LogP contribution in [0.25, 0.3) is 0 Å². The SMILES string of the molecule is CCCC(CCc1ccccc1)NC(=O)N1CCC(N(CC)CC(=O)O)CC1. The number of hydrogen-bond donors (Lipinski definition) is 2. The average molecular weight is 390 g/mol. The lowest BCUT2D eigenvalue weighted by atomic mass is 10.0. The summed E-state index contributed by atoms with van der Waals surface area (Å²) in [6, 6.07) is 10.8. The Bertz CT molecular complexity index is 600. The molecule has 1 saturated heterocycles. The minimum Gasteiger partial charge on any atom is -0.480 e. The van der Waals surface area contributed by atoms with E-state index in [4.69, 9.17) is 5.11 Å². The van der Waals surface area contributed by atoms with Crippen molar-refractivity contribution >= 4 is 12.0 Å². The Hall–Kier alpha value is -2.08. The Morgan fingerprint density at radius 1 is 1.18 bits per heavy atom. The molecule has 28 heavy (non-hydrogen) atoms. The molecule has 0 aromatic heterocycles. The molecule has 2 rings (SSSR count). The number of hydrogen-bond acceptors (Lipinski definition) is 3. The highest BCUT2D eigenvalue weighted by Crippen LogP contribution is 2.17. The molecule has 1 heterocycles. The number of aryl methyl sites for hydroxylation is 1. The third-order valence-electron chi connectivity index (χ3n) is 5.60. The third kappa shape index (κ3) is 7.15. The highest BCUT2D eigenvalue weighted by molar-refractivity contribution is 5.74. The average Bonchev–Trinajstić information content (AvgIpc) is 2.71. The highest BCUT2D eigenvalue weighted by Gasteiger charge is 2.27. The molecule has 1 aliphatic heterocycles. The zero-order valence-electron chi connectivity index (χ0n) is 17.3. The summed E-state index contributed by atoms with van der Waals surface area (Å²) in [5.74, 6) is -0.789. The van der Waals surface area contributed by atoms with Crippen LogP contribution < -0.4 is 5.32 Å². The van der Waals surface area contributed by atoms with Gasteiger partial charge in [0, 0.05) is 25.2 Å². The molecule has 0 aliphatic carbocycles. The molecule has 1 aromatic carbocycles. The van der Waals surface area contributed by atoms with E-state index >= 15 is 0 Å². The second-order valence-electron chi connectivity index (χ2n) is 7.63. The fraction of sp³-hybridized carbons (Fsp3) is 0.636. The summed E-state index contributed by atoms with van der Waals surface area (Å²) in [5.41, 5.74) is 1.30. The predicted octanol–water partition coefficient (Wildman–Crippen LogP) is 3.37. The zero-order chi connectivity index (χ0) is 20.4. The number of aliphatic carboxylic acids is 1. The summed E-state index contributed by atoms with van der Waals surface area (Å²) >= 11 is 0. The molecule has 1 fully saturated rings. The standard InChI is InChI=1S/C22H35N3O3/c1-3-8-19(12-11-18-9-6-5-7-10-18)23-22(28)25-15-13-20(14-16-25)24(4-2)17-21(26)27/h5-7,9-10,19-20H,3-4,8,11-17H2,1-2H3,(H,23,28)(H,26,27). The van der Waals surface area contributed by atoms with Gasteiger partial charge in [-0.05, 0) is 44.2 Å². The van der Waals surface area contributed by atoms with E-state index in [2.05, 4.69) is 36.5 Å². The van der Waals surface area contributed by atoms with Crippen molar-refractivity contribution < 1.29 is 14.7 Å². The summed E-state index contributed by atoms with van der Waals surface area (Å²) in [5, 5.41) is 12.3. The molecule has 6 nitrogen and oxygen atoms in total. The predicted molar refractivity (Wildman–Crippen MR) is 111 cm³/mol. The minimum absolute atomic E-state index is 0.0197. The lowest BCUT2D eigenvalue weighted by Gasteiger charge is -2.38. The zero-order valence-corrected chi connectivity index (χ0v) is 17.3. The number of carboxylic acid groups (broad SMARTS) is 1. The molecule has 6 heteroatoms. The quantitative estimate of drug-likeness (QED) is 0.643. The van der Waals surface area contributed by atoms with Crippen LogP contribution in [0.4, 0.5) is 4.79 Å². The van der Waals surface area contributed by atoms with E-state index < -0.39 is 5.97 Å². The number of benzene rings is 1. The van der Waals surface area contributed by atoms with Crippen LogP contribution in [0, 0.1) is 0 Å². The van der Waals surface area contributed by atoms with Crippen molar-refractivity contribution in [2.24, 2.45) is 0 Å². The maximum atomic E-state index is 12.7. The Labute approximate surface area is 168 Å². The van der Waals surface area contributed by atoms with Crippen LogP contribution in [-0.4, -0.2) is 65.2 Å². The Balaban J connectivity index is 1.81. The number of nitrogens with one attached hydrogen (secondary N) is 1. The van der Waals surface area contributed by atoms with Gasteiger partial charge in [-0.2, -0.15) is 0 Å². The molecule has 0 spiro atoms. The van der Waals surface area contributed by atoms with Crippen molar-refractivity contribution in [3.63, 3.8) is 0 Å². The molecule has 156 valence electrons. The largest absolute Gasteiger partial charge is 0.480 e. The molecule has 0 bridgehead atoms. The number of carbonyl (C=O) groups is 2. The molecule has 1 aromatic rings. The van der Waals surface area contributed by atoms with E-state index in [1.54, 1.807) is 0 Å². The number of amides is 2. The molecule has 1 atom stereocenters. The summed E-state index contributed by atoms with van der Waals surface area (Å²) < 4.78 is 0. The summed E-state index contributed by atoms with van der Waals surface area (Å²) in [6.07, 6.45) is 5.60. The van der Waals surface area contributed by atoms with Crippen LogP contribution in [0.2, 0.25) is 0 Å². The van der Waals surface area contributed by atoms with Gasteiger partial charge in [0.25, 0.3) is 0 Å². The van der Waals surface area contributed by atoms with Gasteiger partial charge in [0.1, 0.15) is 0 Å². The number of piperidine rings is 1. The first-order valence-electron chi connectivity index (χ1n) is 10.6. The Kier molecular flexibility index (Phi) is 9.28. The van der Waals surface area contributed by atoms with Gasteiger partial charge in [0.2, 0.25) is 0 Å². The van der Waals surface area contributed by atoms with Crippen LogP contribution >= 0.6 is 0 Å². The second kappa shape index (κ2) is 11.7. The van der Waals surface area contributed by atoms with Crippen LogP contribution in [0.1, 0.15) is 51.5 Å². The second-order valence-corrected chi connectivity index (χ2v) is 7.63. The van der Waals surface area contributed by atoms with Gasteiger partial charge in [0.15, 0.2) is 0 Å². The van der Waals surface area contributed by atoms with Gasteiger partial charge in [-0.1, -0.05) is 50.6 Å². The maximum Gasteiger partial charge on any atom is 0.317 e. The smallest absolute Gasteiger partial charge is 0.317 e. The summed E-state index contributed by atoms with van der Waals surface area (Å²) in [6.45, 7) is 6.31. The fourth-order valence-corrected chi connectivity index (χ4v) is 4.00. The van der Waals surface area contributed by atoms with Crippen LogP contribution in [0.5, 0.6) is 0 Å². The number of likely N-dealkylation sites (tertiary alicyclic amines) is 1. The van der Waals surface area contributed by atoms with E-state index in [9.17, 15) is 9.59 Å². The van der Waals surface area contributed by atoms with Crippen LogP contribution in [0.15, 0.2) is 30.3 Å². The minimum atomic E-state index is -0.789. The van der Waals surface area contributed by atoms with Gasteiger partial charge in [0.05, 0.1) is 6.54 Å². The van der Waals surface area contributed by atoms with E-state index in [-0.39, 0.29) is 24.7 Å². The Morgan fingerprint density at radius 2 is 1.86 bits per heavy atom. The number of urea groups is 1. The number of likely N-dealkylation sites (N-methyl/N-ethyl adjacent to an activating group) is 1. The number of carboxylic acids is 1. The van der Waals surface area contributed by atoms with Crippen LogP contribution in [-0.2, 0) is 11.2 Å². The van der Waals surface area contributed by atoms with Gasteiger partial charge < -0.3 is 15.3 Å². The van der Waals surface area contributed by atoms with Gasteiger partial charge >= 0.3 is 12.0 Å². The molecular formula is C22H35N3O3. The topological polar surface area (TPSA) is 72.9 Å². The first-order valence-corrected chi connectivity index (χ1v) is 10.6. The third-order valence-corrected chi connectivity index (χ3v) is 5.60. The van der Waals surface area contributed by atoms with E-state index in [1.165, 1.54) is 5.56 Å². The summed E-state index contributed by atoms with van der Waals surface area (Å²) in [4.78, 5) is 27.6. The fourth-order valence-electron chi connectivity index (χ4n) is 4.00. The van der Waals surface area contributed by atoms with E-state index in [0.29, 0.717) is 13.1 Å². The van der Waals surface area contributed by atoms with Crippen molar-refractivity contribution in [3.05, 3.63) is 35.9 Å². The molecular weight excluding hydrogens is 354 g/mol. The van der Waals surface area contributed by atoms with Crippen molar-refractivity contribution in [2.45, 2.75) is 64.5 Å². The maximum absolute atomic E-state index is 12.7. The van der Waals surface area contributed by atoms with Crippen molar-refractivity contribution in [3.8, 4) is 0 Å². The monoisotopic (exact) mass is 389 g/mol. The van der Waals surface area contributed by atoms with Crippen LogP contribution in [0.3, 0.4) is 0 Å². The highest BCUT2D eigenvalue weighted by atomic mass is 16.4. The molecule has 0 saturated carbocycles. The molecule has 2 N–H and O–H groups in total. The molecule has 1 unspecified atom stereocenters. The lowest BCUT2D eigenvalue weighted by molar-refractivity contribution is -0.139. The normalized spacial score (nSPS) is 16.2. The van der Waals surface area contributed by atoms with Gasteiger partial charge in [-0.15, -0.1) is 0 Å². The molecule has 2 amide bonds. The number of carbonyl (C=O) groups excluding carboxylic acids is 1.